The number of hydrogen-bond donors (Lipinski definition) is 3. The predicted octanol–water partition coefficient (Wildman–Crippen LogP) is 2.34. The quantitative estimate of drug-likeness (QED) is 0.790. The highest BCUT2D eigenvalue weighted by Crippen LogP contribution is 2.18. The lowest BCUT2D eigenvalue weighted by Crippen LogP contribution is -2.31. The first-order valence-electron chi connectivity index (χ1n) is 6.01. The fourth-order valence-electron chi connectivity index (χ4n) is 1.68. The molecule has 1 aromatic carbocycles. The number of hydrogen-bond acceptors (Lipinski definition) is 4. The predicted molar refractivity (Wildman–Crippen MR) is 76.2 cm³/mol. The van der Waals surface area contributed by atoms with Crippen LogP contribution in [0.3, 0.4) is 0 Å². The van der Waals surface area contributed by atoms with Crippen molar-refractivity contribution in [2.45, 2.75) is 6.42 Å². The number of halogens is 1. The van der Waals surface area contributed by atoms with Crippen molar-refractivity contribution in [2.75, 3.05) is 11.9 Å². The Morgan fingerprint density at radius 3 is 2.86 bits per heavy atom. The number of benzene rings is 1. The molecule has 8 heteroatoms. The second-order valence-electron chi connectivity index (χ2n) is 4.08. The zero-order valence-corrected chi connectivity index (χ0v) is 11.6. The van der Waals surface area contributed by atoms with E-state index in [0.29, 0.717) is 13.0 Å². The average Bonchev–Trinajstić information content (AvgIpc) is 2.91. The Hall–Kier alpha value is -2.48. The largest absolute Gasteiger partial charge is 0.478 e. The Labute approximate surface area is 123 Å². The van der Waals surface area contributed by atoms with Crippen molar-refractivity contribution in [2.24, 2.45) is 0 Å². The number of urea groups is 1. The number of anilines is 1. The number of rotatable bonds is 5. The Kier molecular flexibility index (Phi) is 4.83. The molecule has 0 spiro atoms. The van der Waals surface area contributed by atoms with E-state index in [0.717, 1.165) is 11.8 Å². The van der Waals surface area contributed by atoms with Crippen LogP contribution in [0.5, 0.6) is 0 Å². The molecule has 2 amide bonds. The minimum Gasteiger partial charge on any atom is -0.478 e. The van der Waals surface area contributed by atoms with Crippen LogP contribution in [0.15, 0.2) is 29.1 Å². The van der Waals surface area contributed by atoms with Crippen molar-refractivity contribution in [3.8, 4) is 0 Å². The molecule has 1 heterocycles. The molecule has 0 aliphatic carbocycles. The van der Waals surface area contributed by atoms with Gasteiger partial charge in [-0.3, -0.25) is 0 Å². The molecule has 0 fully saturated rings. The smallest absolute Gasteiger partial charge is 0.340 e. The maximum absolute atomic E-state index is 13.4. The fraction of sp³-hybridized carbons (Fsp3) is 0.154. The Morgan fingerprint density at radius 2 is 2.19 bits per heavy atom. The molecular weight excluding hydrogens is 297 g/mol. The minimum absolute atomic E-state index is 0.0892. The average molecular weight is 309 g/mol. The van der Waals surface area contributed by atoms with Crippen LogP contribution in [-0.2, 0) is 6.42 Å². The first-order valence-corrected chi connectivity index (χ1v) is 6.96. The van der Waals surface area contributed by atoms with Gasteiger partial charge >= 0.3 is 12.0 Å². The summed E-state index contributed by atoms with van der Waals surface area (Å²) in [5.74, 6) is -2.34. The molecule has 0 aliphatic heterocycles. The van der Waals surface area contributed by atoms with Crippen LogP contribution < -0.4 is 10.6 Å². The monoisotopic (exact) mass is 309 g/mol. The highest BCUT2D eigenvalue weighted by atomic mass is 32.1. The van der Waals surface area contributed by atoms with Crippen molar-refractivity contribution < 1.29 is 19.1 Å². The second kappa shape index (κ2) is 6.80. The standard InChI is InChI=1S/C13H12FN3O3S/c14-9-2-1-3-10(11(9)12(18)19)17-13(20)15-5-4-8-6-21-7-16-8/h1-3,6-7H,4-5H2,(H,18,19)(H2,15,17,20). The Balaban J connectivity index is 1.93. The third-order valence-electron chi connectivity index (χ3n) is 2.63. The van der Waals surface area contributed by atoms with Crippen LogP contribution in [0, 0.1) is 5.82 Å². The van der Waals surface area contributed by atoms with E-state index in [9.17, 15) is 14.0 Å². The molecule has 2 rings (SSSR count). The number of thiazole rings is 1. The number of nitrogens with one attached hydrogen (secondary N) is 2. The number of carboxylic acid groups (broad SMARTS) is 1. The fourth-order valence-corrected chi connectivity index (χ4v) is 2.27. The molecule has 6 nitrogen and oxygen atoms in total. The summed E-state index contributed by atoms with van der Waals surface area (Å²) in [6.07, 6.45) is 0.561. The lowest BCUT2D eigenvalue weighted by molar-refractivity contribution is 0.0693. The number of amides is 2. The topological polar surface area (TPSA) is 91.3 Å². The van der Waals surface area contributed by atoms with Crippen molar-refractivity contribution in [1.29, 1.82) is 0 Å². The van der Waals surface area contributed by atoms with Crippen molar-refractivity contribution in [3.63, 3.8) is 0 Å². The maximum Gasteiger partial charge on any atom is 0.340 e. The van der Waals surface area contributed by atoms with E-state index in [1.807, 2.05) is 5.38 Å². The summed E-state index contributed by atoms with van der Waals surface area (Å²) in [6.45, 7) is 0.341. The van der Waals surface area contributed by atoms with Gasteiger partial charge < -0.3 is 15.7 Å². The summed E-state index contributed by atoms with van der Waals surface area (Å²) in [7, 11) is 0. The summed E-state index contributed by atoms with van der Waals surface area (Å²) < 4.78 is 13.4. The molecule has 0 bridgehead atoms. The molecule has 110 valence electrons. The van der Waals surface area contributed by atoms with Gasteiger partial charge in [-0.25, -0.2) is 19.0 Å². The second-order valence-corrected chi connectivity index (χ2v) is 4.80. The van der Waals surface area contributed by atoms with Crippen molar-refractivity contribution in [3.05, 3.63) is 46.2 Å². The van der Waals surface area contributed by atoms with E-state index >= 15 is 0 Å². The maximum atomic E-state index is 13.4. The number of aromatic nitrogens is 1. The zero-order valence-electron chi connectivity index (χ0n) is 10.8. The zero-order chi connectivity index (χ0) is 15.2. The molecule has 21 heavy (non-hydrogen) atoms. The van der Waals surface area contributed by atoms with Crippen LogP contribution >= 0.6 is 11.3 Å². The number of carbonyl (C=O) groups is 2. The van der Waals surface area contributed by atoms with Gasteiger partial charge in [-0.2, -0.15) is 0 Å². The van der Waals surface area contributed by atoms with E-state index in [2.05, 4.69) is 15.6 Å². The molecule has 0 aliphatic rings. The molecule has 0 saturated heterocycles. The summed E-state index contributed by atoms with van der Waals surface area (Å²) in [5, 5.41) is 15.7. The van der Waals surface area contributed by atoms with E-state index in [1.165, 1.54) is 23.5 Å². The molecular formula is C13H12FN3O3S. The summed E-state index contributed by atoms with van der Waals surface area (Å²) in [6, 6.07) is 3.08. The van der Waals surface area contributed by atoms with Gasteiger partial charge in [0.05, 0.1) is 16.9 Å². The first-order chi connectivity index (χ1) is 10.1. The first kappa shape index (κ1) is 14.9. The van der Waals surface area contributed by atoms with E-state index in [4.69, 9.17) is 5.11 Å². The SMILES string of the molecule is O=C(NCCc1cscn1)Nc1cccc(F)c1C(=O)O. The van der Waals surface area contributed by atoms with Crippen molar-refractivity contribution in [1.82, 2.24) is 10.3 Å². The Bertz CT molecular complexity index is 646. The van der Waals surface area contributed by atoms with E-state index in [1.54, 1.807) is 5.51 Å². The van der Waals surface area contributed by atoms with Crippen LogP contribution in [0.1, 0.15) is 16.1 Å². The summed E-state index contributed by atoms with van der Waals surface area (Å²) >= 11 is 1.46. The van der Waals surface area contributed by atoms with Gasteiger partial charge in [0.25, 0.3) is 0 Å². The van der Waals surface area contributed by atoms with Crippen molar-refractivity contribution >= 4 is 29.0 Å². The molecule has 0 atom stereocenters. The van der Waals surface area contributed by atoms with Gasteiger partial charge in [-0.1, -0.05) is 6.07 Å². The molecule has 1 aromatic heterocycles. The summed E-state index contributed by atoms with van der Waals surface area (Å²) in [5.41, 5.74) is 1.90. The van der Waals surface area contributed by atoms with Gasteiger partial charge in [-0.15, -0.1) is 11.3 Å². The number of carboxylic acids is 1. The van der Waals surface area contributed by atoms with Crippen LogP contribution in [0.25, 0.3) is 0 Å². The van der Waals surface area contributed by atoms with Gasteiger partial charge in [0.2, 0.25) is 0 Å². The van der Waals surface area contributed by atoms with Crippen LogP contribution in [-0.4, -0.2) is 28.6 Å². The van der Waals surface area contributed by atoms with Gasteiger partial charge in [-0.05, 0) is 12.1 Å². The van der Waals surface area contributed by atoms with Gasteiger partial charge in [0.1, 0.15) is 11.4 Å². The number of nitrogens with zero attached hydrogens (tertiary/aromatic N) is 1. The minimum atomic E-state index is -1.44. The van der Waals surface area contributed by atoms with Gasteiger partial charge in [0, 0.05) is 18.3 Å². The molecule has 0 radical (unpaired) electrons. The lowest BCUT2D eigenvalue weighted by Gasteiger charge is -2.10. The molecule has 2 aromatic rings. The molecule has 3 N–H and O–H groups in total. The third-order valence-corrected chi connectivity index (χ3v) is 3.26. The van der Waals surface area contributed by atoms with Gasteiger partial charge in [0.15, 0.2) is 0 Å². The number of aromatic carboxylic acids is 1. The van der Waals surface area contributed by atoms with Crippen LogP contribution in [0.2, 0.25) is 0 Å². The normalized spacial score (nSPS) is 10.1. The highest BCUT2D eigenvalue weighted by Gasteiger charge is 2.17. The molecule has 0 unspecified atom stereocenters. The van der Waals surface area contributed by atoms with E-state index < -0.39 is 23.4 Å². The van der Waals surface area contributed by atoms with E-state index in [-0.39, 0.29) is 5.69 Å². The summed E-state index contributed by atoms with van der Waals surface area (Å²) in [4.78, 5) is 26.7. The molecule has 0 saturated carbocycles. The third kappa shape index (κ3) is 3.99. The van der Waals surface area contributed by atoms with Crippen LogP contribution in [0.4, 0.5) is 14.9 Å². The number of carbonyl (C=O) groups excluding carboxylic acids is 1. The lowest BCUT2D eigenvalue weighted by atomic mass is 10.1. The highest BCUT2D eigenvalue weighted by molar-refractivity contribution is 7.07. The Morgan fingerprint density at radius 1 is 1.38 bits per heavy atom.